The van der Waals surface area contributed by atoms with E-state index in [0.717, 1.165) is 11.6 Å². The molecule has 2 aliphatic heterocycles. The van der Waals surface area contributed by atoms with E-state index in [4.69, 9.17) is 23.2 Å². The highest BCUT2D eigenvalue weighted by molar-refractivity contribution is 6.42. The quantitative estimate of drug-likeness (QED) is 0.536. The summed E-state index contributed by atoms with van der Waals surface area (Å²) in [4.78, 5) is 31.6. The van der Waals surface area contributed by atoms with Gasteiger partial charge in [0.05, 0.1) is 16.0 Å². The van der Waals surface area contributed by atoms with Gasteiger partial charge in [-0.25, -0.2) is 8.78 Å². The Morgan fingerprint density at radius 1 is 1.00 bits per heavy atom. The van der Waals surface area contributed by atoms with Crippen LogP contribution in [0.25, 0.3) is 0 Å². The van der Waals surface area contributed by atoms with E-state index >= 15 is 0 Å². The molecule has 2 fully saturated rings. The lowest BCUT2D eigenvalue weighted by Gasteiger charge is -2.39. The SMILES string of the molecule is CC(C)(C)N1C[C@@H](C(=O)N2CCN(C(Cc3ccc(Cl)c(Cl)c3)C(=O)O)CC2)[C@H](c2ccc(F)cc2F)C1. The molecule has 0 bridgehead atoms. The summed E-state index contributed by atoms with van der Waals surface area (Å²) >= 11 is 12.1. The van der Waals surface area contributed by atoms with Crippen molar-refractivity contribution in [1.29, 1.82) is 0 Å². The molecule has 38 heavy (non-hydrogen) atoms. The zero-order valence-electron chi connectivity index (χ0n) is 21.8. The zero-order chi connectivity index (χ0) is 27.8. The molecule has 0 aliphatic carbocycles. The van der Waals surface area contributed by atoms with Crippen molar-refractivity contribution in [3.05, 3.63) is 69.2 Å². The van der Waals surface area contributed by atoms with E-state index < -0.39 is 35.5 Å². The lowest BCUT2D eigenvalue weighted by atomic mass is 9.87. The third kappa shape index (κ3) is 6.30. The van der Waals surface area contributed by atoms with Crippen molar-refractivity contribution in [2.45, 2.75) is 44.7 Å². The number of nitrogens with zero attached hydrogens (tertiary/aromatic N) is 3. The molecular formula is C28H33Cl2F2N3O3. The first-order valence-electron chi connectivity index (χ1n) is 12.7. The van der Waals surface area contributed by atoms with E-state index in [-0.39, 0.29) is 17.9 Å². The van der Waals surface area contributed by atoms with E-state index in [2.05, 4.69) is 25.7 Å². The van der Waals surface area contributed by atoms with Crippen LogP contribution in [-0.2, 0) is 16.0 Å². The number of piperazine rings is 1. The maximum absolute atomic E-state index is 14.8. The van der Waals surface area contributed by atoms with Gasteiger partial charge in [0.2, 0.25) is 5.91 Å². The van der Waals surface area contributed by atoms with Gasteiger partial charge in [-0.05, 0) is 56.5 Å². The van der Waals surface area contributed by atoms with Crippen LogP contribution in [0.3, 0.4) is 0 Å². The first kappa shape index (κ1) is 28.7. The summed E-state index contributed by atoms with van der Waals surface area (Å²) < 4.78 is 28.4. The second kappa shape index (κ2) is 11.5. The first-order valence-corrected chi connectivity index (χ1v) is 13.5. The van der Waals surface area contributed by atoms with Gasteiger partial charge in [0.25, 0.3) is 0 Å². The number of carbonyl (C=O) groups is 2. The van der Waals surface area contributed by atoms with Crippen LogP contribution in [0.1, 0.15) is 37.8 Å². The van der Waals surface area contributed by atoms with E-state index in [9.17, 15) is 23.5 Å². The standard InChI is InChI=1S/C28H33Cl2F2N3O3/c1-28(2,3)35-15-20(19-6-5-18(31)14-24(19)32)21(16-35)26(36)34-10-8-33(9-11-34)25(27(37)38)13-17-4-7-22(29)23(30)12-17/h4-7,12,14,20-21,25H,8-11,13,15-16H2,1-3H3,(H,37,38)/t20-,21+,25?/m0/s1. The minimum absolute atomic E-state index is 0.0820. The van der Waals surface area contributed by atoms with Crippen molar-refractivity contribution < 1.29 is 23.5 Å². The Hall–Kier alpha value is -2.26. The largest absolute Gasteiger partial charge is 0.480 e. The summed E-state index contributed by atoms with van der Waals surface area (Å²) in [7, 11) is 0. The molecule has 1 unspecified atom stereocenters. The molecule has 6 nitrogen and oxygen atoms in total. The van der Waals surface area contributed by atoms with Crippen LogP contribution < -0.4 is 0 Å². The smallest absolute Gasteiger partial charge is 0.321 e. The van der Waals surface area contributed by atoms with Crippen molar-refractivity contribution in [1.82, 2.24) is 14.7 Å². The summed E-state index contributed by atoms with van der Waals surface area (Å²) in [5, 5.41) is 10.7. The van der Waals surface area contributed by atoms with Crippen LogP contribution in [-0.4, -0.2) is 82.5 Å². The number of carboxylic acids is 1. The number of carboxylic acid groups (broad SMARTS) is 1. The minimum Gasteiger partial charge on any atom is -0.480 e. The molecule has 0 aromatic heterocycles. The molecule has 206 valence electrons. The summed E-state index contributed by atoms with van der Waals surface area (Å²) in [6, 6.07) is 7.87. The summed E-state index contributed by atoms with van der Waals surface area (Å²) in [6.07, 6.45) is 0.259. The third-order valence-electron chi connectivity index (χ3n) is 7.71. The van der Waals surface area contributed by atoms with E-state index in [0.29, 0.717) is 54.9 Å². The van der Waals surface area contributed by atoms with Gasteiger partial charge in [-0.1, -0.05) is 35.3 Å². The van der Waals surface area contributed by atoms with Gasteiger partial charge < -0.3 is 10.0 Å². The normalized spacial score (nSPS) is 22.0. The van der Waals surface area contributed by atoms with Gasteiger partial charge in [-0.2, -0.15) is 0 Å². The number of hydrogen-bond donors (Lipinski definition) is 1. The third-order valence-corrected chi connectivity index (χ3v) is 8.45. The van der Waals surface area contributed by atoms with Crippen LogP contribution in [0.5, 0.6) is 0 Å². The van der Waals surface area contributed by atoms with Gasteiger partial charge in [0.15, 0.2) is 0 Å². The van der Waals surface area contributed by atoms with Crippen LogP contribution in [0.2, 0.25) is 10.0 Å². The summed E-state index contributed by atoms with van der Waals surface area (Å²) in [6.45, 7) is 8.66. The van der Waals surface area contributed by atoms with Gasteiger partial charge in [0, 0.05) is 56.8 Å². The van der Waals surface area contributed by atoms with Gasteiger partial charge in [-0.3, -0.25) is 19.4 Å². The lowest BCUT2D eigenvalue weighted by Crippen LogP contribution is -2.56. The Labute approximate surface area is 232 Å². The molecule has 2 saturated heterocycles. The molecule has 0 saturated carbocycles. The maximum Gasteiger partial charge on any atom is 0.321 e. The van der Waals surface area contributed by atoms with Crippen molar-refractivity contribution in [2.24, 2.45) is 5.92 Å². The number of likely N-dealkylation sites (tertiary alicyclic amines) is 1. The molecule has 2 heterocycles. The molecule has 0 spiro atoms. The molecule has 0 radical (unpaired) electrons. The molecule has 1 amide bonds. The van der Waals surface area contributed by atoms with Crippen molar-refractivity contribution in [3.63, 3.8) is 0 Å². The molecule has 3 atom stereocenters. The molecule has 2 aromatic rings. The predicted molar refractivity (Wildman–Crippen MR) is 144 cm³/mol. The number of rotatable bonds is 6. The van der Waals surface area contributed by atoms with E-state index in [1.54, 1.807) is 23.1 Å². The summed E-state index contributed by atoms with van der Waals surface area (Å²) in [5.41, 5.74) is 0.896. The molecule has 10 heteroatoms. The monoisotopic (exact) mass is 567 g/mol. The van der Waals surface area contributed by atoms with E-state index in [1.807, 2.05) is 4.90 Å². The van der Waals surface area contributed by atoms with Gasteiger partial charge >= 0.3 is 5.97 Å². The fourth-order valence-electron chi connectivity index (χ4n) is 5.47. The number of amides is 1. The van der Waals surface area contributed by atoms with Crippen molar-refractivity contribution in [2.75, 3.05) is 39.3 Å². The Bertz CT molecular complexity index is 1200. The molecular weight excluding hydrogens is 535 g/mol. The maximum atomic E-state index is 14.8. The number of benzene rings is 2. The fourth-order valence-corrected chi connectivity index (χ4v) is 5.79. The van der Waals surface area contributed by atoms with Crippen LogP contribution >= 0.6 is 23.2 Å². The number of hydrogen-bond acceptors (Lipinski definition) is 4. The predicted octanol–water partition coefficient (Wildman–Crippen LogP) is 4.93. The topological polar surface area (TPSA) is 64.1 Å². The zero-order valence-corrected chi connectivity index (χ0v) is 23.3. The van der Waals surface area contributed by atoms with Gasteiger partial charge in [-0.15, -0.1) is 0 Å². The minimum atomic E-state index is -0.945. The van der Waals surface area contributed by atoms with Gasteiger partial charge in [0.1, 0.15) is 17.7 Å². The molecule has 1 N–H and O–H groups in total. The first-order chi connectivity index (χ1) is 17.8. The number of carbonyl (C=O) groups excluding carboxylic acids is 1. The molecule has 2 aromatic carbocycles. The van der Waals surface area contributed by atoms with Crippen LogP contribution in [0.15, 0.2) is 36.4 Å². The van der Waals surface area contributed by atoms with E-state index in [1.165, 1.54) is 12.1 Å². The molecule has 4 rings (SSSR count). The second-order valence-electron chi connectivity index (χ2n) is 11.1. The number of halogens is 4. The summed E-state index contributed by atoms with van der Waals surface area (Å²) in [5.74, 6) is -3.19. The number of aliphatic carboxylic acids is 1. The fraction of sp³-hybridized carbons (Fsp3) is 0.500. The Morgan fingerprint density at radius 3 is 2.26 bits per heavy atom. The highest BCUT2D eigenvalue weighted by Gasteiger charge is 2.45. The van der Waals surface area contributed by atoms with Crippen molar-refractivity contribution in [3.8, 4) is 0 Å². The highest BCUT2D eigenvalue weighted by atomic mass is 35.5. The average molecular weight is 568 g/mol. The van der Waals surface area contributed by atoms with Crippen LogP contribution in [0.4, 0.5) is 8.78 Å². The average Bonchev–Trinajstić information content (AvgIpc) is 3.30. The van der Waals surface area contributed by atoms with Crippen LogP contribution in [0, 0.1) is 17.6 Å². The second-order valence-corrected chi connectivity index (χ2v) is 11.9. The molecule has 2 aliphatic rings. The Morgan fingerprint density at radius 2 is 1.68 bits per heavy atom. The highest BCUT2D eigenvalue weighted by Crippen LogP contribution is 2.38. The van der Waals surface area contributed by atoms with Crippen molar-refractivity contribution >= 4 is 35.1 Å². The Balaban J connectivity index is 1.47. The Kier molecular flexibility index (Phi) is 8.67. The lowest BCUT2D eigenvalue weighted by molar-refractivity contribution is -0.145.